The van der Waals surface area contributed by atoms with E-state index in [-0.39, 0.29) is 30.8 Å². The lowest BCUT2D eigenvalue weighted by Crippen LogP contribution is -2.30. The van der Waals surface area contributed by atoms with Gasteiger partial charge >= 0.3 is 5.97 Å². The van der Waals surface area contributed by atoms with Gasteiger partial charge in [0, 0.05) is 13.0 Å². The van der Waals surface area contributed by atoms with E-state index in [1.54, 1.807) is 0 Å². The van der Waals surface area contributed by atoms with Gasteiger partial charge in [0.1, 0.15) is 0 Å². The Labute approximate surface area is 121 Å². The van der Waals surface area contributed by atoms with E-state index < -0.39 is 16.0 Å². The first-order valence-corrected chi connectivity index (χ1v) is 8.72. The first kappa shape index (κ1) is 19.3. The highest BCUT2D eigenvalue weighted by molar-refractivity contribution is 7.89. The van der Waals surface area contributed by atoms with E-state index in [0.717, 1.165) is 6.42 Å². The fraction of sp³-hybridized carbons (Fsp3) is 0.923. The molecule has 1 unspecified atom stereocenters. The second-order valence-corrected chi connectivity index (χ2v) is 7.05. The molecule has 0 saturated carbocycles. The molecule has 0 aliphatic carbocycles. The summed E-state index contributed by atoms with van der Waals surface area (Å²) < 4.78 is 31.1. The van der Waals surface area contributed by atoms with Gasteiger partial charge in [-0.1, -0.05) is 13.3 Å². The topological polar surface area (TPSA) is 92.7 Å². The molecule has 0 fully saturated rings. The van der Waals surface area contributed by atoms with Crippen LogP contribution in [0.15, 0.2) is 0 Å². The molecule has 0 aliphatic rings. The Balaban J connectivity index is 3.91. The molecular formula is C13H27NO5S. The highest BCUT2D eigenvalue weighted by Crippen LogP contribution is 2.14. The van der Waals surface area contributed by atoms with E-state index in [1.165, 1.54) is 0 Å². The van der Waals surface area contributed by atoms with Gasteiger partial charge in [-0.15, -0.1) is 0 Å². The molecule has 0 amide bonds. The van der Waals surface area contributed by atoms with Crippen molar-refractivity contribution < 1.29 is 23.1 Å². The Morgan fingerprint density at radius 1 is 1.30 bits per heavy atom. The summed E-state index contributed by atoms with van der Waals surface area (Å²) in [6.45, 7) is 6.23. The number of aliphatic carboxylic acids is 1. The smallest absolute Gasteiger partial charge is 0.303 e. The SMILES string of the molecule is CCC(CCNS(=O)(=O)CCOC(C)C)CCC(=O)O. The Kier molecular flexibility index (Phi) is 9.79. The molecule has 0 aromatic rings. The molecule has 0 heterocycles. The van der Waals surface area contributed by atoms with Crippen molar-refractivity contribution >= 4 is 16.0 Å². The zero-order chi connectivity index (χ0) is 15.6. The van der Waals surface area contributed by atoms with Crippen LogP contribution >= 0.6 is 0 Å². The van der Waals surface area contributed by atoms with Crippen LogP contribution in [0.5, 0.6) is 0 Å². The molecule has 0 bridgehead atoms. The van der Waals surface area contributed by atoms with Crippen molar-refractivity contribution in [3.8, 4) is 0 Å². The van der Waals surface area contributed by atoms with Gasteiger partial charge in [-0.05, 0) is 32.6 Å². The van der Waals surface area contributed by atoms with Crippen LogP contribution in [-0.2, 0) is 19.6 Å². The van der Waals surface area contributed by atoms with Crippen LogP contribution in [0.3, 0.4) is 0 Å². The van der Waals surface area contributed by atoms with Crippen LogP contribution in [0, 0.1) is 5.92 Å². The molecule has 0 aromatic carbocycles. The Hall–Kier alpha value is -0.660. The summed E-state index contributed by atoms with van der Waals surface area (Å²) in [6, 6.07) is 0. The van der Waals surface area contributed by atoms with Crippen LogP contribution in [0.1, 0.15) is 46.5 Å². The fourth-order valence-corrected chi connectivity index (χ4v) is 2.65. The molecule has 7 heteroatoms. The maximum Gasteiger partial charge on any atom is 0.303 e. The second kappa shape index (κ2) is 10.1. The van der Waals surface area contributed by atoms with Crippen LogP contribution in [0.4, 0.5) is 0 Å². The number of carbonyl (C=O) groups is 1. The molecule has 6 nitrogen and oxygen atoms in total. The molecule has 0 aromatic heterocycles. The van der Waals surface area contributed by atoms with Crippen molar-refractivity contribution in [3.63, 3.8) is 0 Å². The third kappa shape index (κ3) is 11.2. The fourth-order valence-electron chi connectivity index (χ4n) is 1.76. The molecular weight excluding hydrogens is 282 g/mol. The van der Waals surface area contributed by atoms with Crippen molar-refractivity contribution in [3.05, 3.63) is 0 Å². The number of carboxylic acids is 1. The first-order chi connectivity index (χ1) is 9.26. The third-order valence-electron chi connectivity index (χ3n) is 3.02. The minimum atomic E-state index is -3.30. The standard InChI is InChI=1S/C13H27NO5S/c1-4-12(5-6-13(15)16)7-8-14-20(17,18)10-9-19-11(2)3/h11-12,14H,4-10H2,1-3H3,(H,15,16). The summed E-state index contributed by atoms with van der Waals surface area (Å²) in [5.41, 5.74) is 0. The molecule has 0 radical (unpaired) electrons. The quantitative estimate of drug-likeness (QED) is 0.571. The molecule has 0 rings (SSSR count). The number of carboxylic acid groups (broad SMARTS) is 1. The van der Waals surface area contributed by atoms with Crippen LogP contribution in [0.2, 0.25) is 0 Å². The normalized spacial score (nSPS) is 13.6. The van der Waals surface area contributed by atoms with Gasteiger partial charge < -0.3 is 9.84 Å². The van der Waals surface area contributed by atoms with Gasteiger partial charge in [0.05, 0.1) is 18.5 Å². The zero-order valence-corrected chi connectivity index (χ0v) is 13.4. The summed E-state index contributed by atoms with van der Waals surface area (Å²) >= 11 is 0. The number of hydrogen-bond acceptors (Lipinski definition) is 4. The van der Waals surface area contributed by atoms with E-state index in [4.69, 9.17) is 9.84 Å². The average molecular weight is 309 g/mol. The van der Waals surface area contributed by atoms with Crippen LogP contribution in [0.25, 0.3) is 0 Å². The summed E-state index contributed by atoms with van der Waals surface area (Å²) in [4.78, 5) is 10.5. The van der Waals surface area contributed by atoms with Gasteiger partial charge in [0.25, 0.3) is 0 Å². The molecule has 0 aliphatic heterocycles. The van der Waals surface area contributed by atoms with Crippen LogP contribution < -0.4 is 4.72 Å². The Morgan fingerprint density at radius 3 is 2.45 bits per heavy atom. The van der Waals surface area contributed by atoms with E-state index >= 15 is 0 Å². The number of nitrogens with one attached hydrogen (secondary N) is 1. The summed E-state index contributed by atoms with van der Waals surface area (Å²) in [5, 5.41) is 8.63. The van der Waals surface area contributed by atoms with Crippen LogP contribution in [-0.4, -0.2) is 44.5 Å². The number of rotatable bonds is 12. The average Bonchev–Trinajstić information content (AvgIpc) is 2.32. The predicted octanol–water partition coefficient (Wildman–Crippen LogP) is 1.61. The molecule has 0 saturated heterocycles. The number of hydrogen-bond donors (Lipinski definition) is 2. The zero-order valence-electron chi connectivity index (χ0n) is 12.6. The van der Waals surface area contributed by atoms with E-state index in [1.807, 2.05) is 20.8 Å². The minimum absolute atomic E-state index is 0.0192. The maximum atomic E-state index is 11.7. The van der Waals surface area contributed by atoms with Gasteiger partial charge in [0.15, 0.2) is 0 Å². The summed E-state index contributed by atoms with van der Waals surface area (Å²) in [6.07, 6.45) is 2.25. The highest BCUT2D eigenvalue weighted by atomic mass is 32.2. The molecule has 0 spiro atoms. The molecule has 1 atom stereocenters. The third-order valence-corrected chi connectivity index (χ3v) is 4.37. The van der Waals surface area contributed by atoms with Crippen molar-refractivity contribution in [2.75, 3.05) is 18.9 Å². The van der Waals surface area contributed by atoms with E-state index in [2.05, 4.69) is 4.72 Å². The Bertz CT molecular complexity index is 367. The maximum absolute atomic E-state index is 11.7. The molecule has 2 N–H and O–H groups in total. The van der Waals surface area contributed by atoms with Crippen molar-refractivity contribution in [1.82, 2.24) is 4.72 Å². The van der Waals surface area contributed by atoms with Gasteiger partial charge in [0.2, 0.25) is 10.0 Å². The number of ether oxygens (including phenoxy) is 1. The van der Waals surface area contributed by atoms with Crippen molar-refractivity contribution in [2.45, 2.75) is 52.6 Å². The van der Waals surface area contributed by atoms with Gasteiger partial charge in [-0.3, -0.25) is 4.79 Å². The minimum Gasteiger partial charge on any atom is -0.481 e. The largest absolute Gasteiger partial charge is 0.481 e. The first-order valence-electron chi connectivity index (χ1n) is 7.07. The predicted molar refractivity (Wildman–Crippen MR) is 78.1 cm³/mol. The Morgan fingerprint density at radius 2 is 1.95 bits per heavy atom. The highest BCUT2D eigenvalue weighted by Gasteiger charge is 2.13. The molecule has 120 valence electrons. The van der Waals surface area contributed by atoms with E-state index in [9.17, 15) is 13.2 Å². The van der Waals surface area contributed by atoms with E-state index in [0.29, 0.717) is 19.4 Å². The number of sulfonamides is 1. The van der Waals surface area contributed by atoms with Crippen molar-refractivity contribution in [1.29, 1.82) is 0 Å². The lowest BCUT2D eigenvalue weighted by molar-refractivity contribution is -0.137. The monoisotopic (exact) mass is 309 g/mol. The summed E-state index contributed by atoms with van der Waals surface area (Å²) in [7, 11) is -3.30. The second-order valence-electron chi connectivity index (χ2n) is 5.13. The molecule has 20 heavy (non-hydrogen) atoms. The van der Waals surface area contributed by atoms with Gasteiger partial charge in [-0.2, -0.15) is 0 Å². The summed E-state index contributed by atoms with van der Waals surface area (Å²) in [5.74, 6) is -0.618. The lowest BCUT2D eigenvalue weighted by atomic mass is 9.97. The lowest BCUT2D eigenvalue weighted by Gasteiger charge is -2.14. The van der Waals surface area contributed by atoms with Gasteiger partial charge in [-0.25, -0.2) is 13.1 Å². The van der Waals surface area contributed by atoms with Crippen molar-refractivity contribution in [2.24, 2.45) is 5.92 Å².